The maximum atomic E-state index is 12.1. The van der Waals surface area contributed by atoms with Gasteiger partial charge in [0.2, 0.25) is 10.0 Å². The molecule has 0 aliphatic carbocycles. The molecule has 0 radical (unpaired) electrons. The molecule has 0 saturated heterocycles. The van der Waals surface area contributed by atoms with Crippen LogP contribution in [-0.2, 0) is 20.6 Å². The molecule has 0 aliphatic heterocycles. The predicted octanol–water partition coefficient (Wildman–Crippen LogP) is 2.49. The van der Waals surface area contributed by atoms with E-state index in [1.165, 1.54) is 11.4 Å². The monoisotopic (exact) mass is 412 g/mol. The molecule has 148 valence electrons. The standard InChI is InChI=1S/C18H24N2O5S2/c1-14(18(21)19-10-12-26-13-17-5-4-11-24-17)25-16-8-6-15(7-9-16)20(2)27(3,22)23/h4-9,11,14H,10,12-13H2,1-3H3,(H,19,21). The molecule has 2 aromatic rings. The number of furan rings is 1. The van der Waals surface area contributed by atoms with E-state index in [4.69, 9.17) is 9.15 Å². The lowest BCUT2D eigenvalue weighted by Crippen LogP contribution is -2.37. The fourth-order valence-corrected chi connectivity index (χ4v) is 3.40. The molecule has 0 fully saturated rings. The zero-order chi connectivity index (χ0) is 19.9. The average Bonchev–Trinajstić information content (AvgIpc) is 3.14. The largest absolute Gasteiger partial charge is 0.481 e. The Kier molecular flexibility index (Phi) is 7.61. The fraction of sp³-hybridized carbons (Fsp3) is 0.389. The summed E-state index contributed by atoms with van der Waals surface area (Å²) in [5, 5.41) is 2.83. The highest BCUT2D eigenvalue weighted by atomic mass is 32.2. The molecular weight excluding hydrogens is 388 g/mol. The number of rotatable bonds is 10. The Labute approximate surface area is 164 Å². The summed E-state index contributed by atoms with van der Waals surface area (Å²) in [4.78, 5) is 12.1. The number of sulfonamides is 1. The minimum absolute atomic E-state index is 0.203. The Hall–Kier alpha value is -2.13. The second-order valence-corrected chi connectivity index (χ2v) is 9.03. The van der Waals surface area contributed by atoms with E-state index in [9.17, 15) is 13.2 Å². The highest BCUT2D eigenvalue weighted by Gasteiger charge is 2.15. The van der Waals surface area contributed by atoms with Gasteiger partial charge in [-0.15, -0.1) is 0 Å². The summed E-state index contributed by atoms with van der Waals surface area (Å²) in [6.07, 6.45) is 2.12. The number of anilines is 1. The maximum absolute atomic E-state index is 12.1. The van der Waals surface area contributed by atoms with Crippen LogP contribution in [0.1, 0.15) is 12.7 Å². The van der Waals surface area contributed by atoms with Gasteiger partial charge in [-0.3, -0.25) is 9.10 Å². The summed E-state index contributed by atoms with van der Waals surface area (Å²) >= 11 is 1.67. The molecule has 1 unspecified atom stereocenters. The van der Waals surface area contributed by atoms with Crippen molar-refractivity contribution in [1.29, 1.82) is 0 Å². The molecule has 0 spiro atoms. The minimum Gasteiger partial charge on any atom is -0.481 e. The normalized spacial score (nSPS) is 12.4. The third-order valence-electron chi connectivity index (χ3n) is 3.75. The van der Waals surface area contributed by atoms with Gasteiger partial charge in [-0.25, -0.2) is 8.42 Å². The van der Waals surface area contributed by atoms with Crippen molar-refractivity contribution in [2.75, 3.05) is 29.9 Å². The molecule has 0 saturated carbocycles. The van der Waals surface area contributed by atoms with Crippen LogP contribution in [0.5, 0.6) is 5.75 Å². The number of nitrogens with one attached hydrogen (secondary N) is 1. The number of ether oxygens (including phenoxy) is 1. The fourth-order valence-electron chi connectivity index (χ4n) is 2.14. The Morgan fingerprint density at radius 3 is 2.59 bits per heavy atom. The van der Waals surface area contributed by atoms with Crippen molar-refractivity contribution < 1.29 is 22.4 Å². The van der Waals surface area contributed by atoms with Crippen LogP contribution >= 0.6 is 11.8 Å². The first kappa shape index (κ1) is 21.2. The van der Waals surface area contributed by atoms with E-state index in [2.05, 4.69) is 5.32 Å². The zero-order valence-electron chi connectivity index (χ0n) is 15.5. The van der Waals surface area contributed by atoms with Crippen molar-refractivity contribution in [3.63, 3.8) is 0 Å². The van der Waals surface area contributed by atoms with Crippen LogP contribution in [-0.4, -0.2) is 46.0 Å². The second-order valence-electron chi connectivity index (χ2n) is 5.91. The number of amides is 1. The number of carbonyl (C=O) groups excluding carboxylic acids is 1. The lowest BCUT2D eigenvalue weighted by atomic mass is 10.3. The smallest absolute Gasteiger partial charge is 0.260 e. The Morgan fingerprint density at radius 2 is 2.00 bits per heavy atom. The van der Waals surface area contributed by atoms with Crippen molar-refractivity contribution in [1.82, 2.24) is 5.32 Å². The van der Waals surface area contributed by atoms with E-state index in [1.807, 2.05) is 12.1 Å². The molecule has 1 N–H and O–H groups in total. The summed E-state index contributed by atoms with van der Waals surface area (Å²) in [5.74, 6) is 2.74. The second kappa shape index (κ2) is 9.70. The average molecular weight is 413 g/mol. The molecule has 1 heterocycles. The first-order valence-corrected chi connectivity index (χ1v) is 11.4. The van der Waals surface area contributed by atoms with Gasteiger partial charge in [-0.1, -0.05) is 0 Å². The van der Waals surface area contributed by atoms with Crippen LogP contribution in [0.15, 0.2) is 47.1 Å². The molecule has 1 atom stereocenters. The van der Waals surface area contributed by atoms with E-state index in [-0.39, 0.29) is 5.91 Å². The van der Waals surface area contributed by atoms with Gasteiger partial charge in [0.15, 0.2) is 6.10 Å². The maximum Gasteiger partial charge on any atom is 0.260 e. The van der Waals surface area contributed by atoms with Gasteiger partial charge in [0, 0.05) is 19.3 Å². The van der Waals surface area contributed by atoms with E-state index in [1.54, 1.807) is 49.2 Å². The Balaban J connectivity index is 1.73. The van der Waals surface area contributed by atoms with Gasteiger partial charge < -0.3 is 14.5 Å². The van der Waals surface area contributed by atoms with Crippen molar-refractivity contribution in [2.24, 2.45) is 0 Å². The molecule has 27 heavy (non-hydrogen) atoms. The molecule has 0 bridgehead atoms. The SMILES string of the molecule is CC(Oc1ccc(N(C)S(C)(=O)=O)cc1)C(=O)NCCSCc1ccco1. The van der Waals surface area contributed by atoms with Crippen molar-refractivity contribution in [3.05, 3.63) is 48.4 Å². The Bertz CT molecular complexity index is 820. The van der Waals surface area contributed by atoms with Gasteiger partial charge in [0.05, 0.1) is 24.0 Å². The molecule has 9 heteroatoms. The van der Waals surface area contributed by atoms with Gasteiger partial charge in [-0.05, 0) is 43.3 Å². The van der Waals surface area contributed by atoms with Crippen LogP contribution in [0.3, 0.4) is 0 Å². The predicted molar refractivity (Wildman–Crippen MR) is 108 cm³/mol. The van der Waals surface area contributed by atoms with E-state index in [0.29, 0.717) is 18.0 Å². The number of carbonyl (C=O) groups is 1. The van der Waals surface area contributed by atoms with Crippen LogP contribution < -0.4 is 14.4 Å². The van der Waals surface area contributed by atoms with Gasteiger partial charge in [0.1, 0.15) is 11.5 Å². The minimum atomic E-state index is -3.31. The number of benzene rings is 1. The van der Waals surface area contributed by atoms with Gasteiger partial charge >= 0.3 is 0 Å². The summed E-state index contributed by atoms with van der Waals surface area (Å²) in [6.45, 7) is 2.21. The highest BCUT2D eigenvalue weighted by Crippen LogP contribution is 2.21. The van der Waals surface area contributed by atoms with Crippen LogP contribution in [0.2, 0.25) is 0 Å². The van der Waals surface area contributed by atoms with E-state index < -0.39 is 16.1 Å². The van der Waals surface area contributed by atoms with E-state index in [0.717, 1.165) is 23.5 Å². The number of nitrogens with zero attached hydrogens (tertiary/aromatic N) is 1. The Morgan fingerprint density at radius 1 is 1.30 bits per heavy atom. The number of thioether (sulfide) groups is 1. The van der Waals surface area contributed by atoms with Crippen LogP contribution in [0.4, 0.5) is 5.69 Å². The highest BCUT2D eigenvalue weighted by molar-refractivity contribution is 7.98. The lowest BCUT2D eigenvalue weighted by molar-refractivity contribution is -0.127. The van der Waals surface area contributed by atoms with Crippen molar-refractivity contribution in [3.8, 4) is 5.75 Å². The lowest BCUT2D eigenvalue weighted by Gasteiger charge is -2.18. The van der Waals surface area contributed by atoms with Crippen molar-refractivity contribution in [2.45, 2.75) is 18.8 Å². The molecular formula is C18H24N2O5S2. The summed E-state index contributed by atoms with van der Waals surface area (Å²) in [7, 11) is -1.84. The first-order chi connectivity index (χ1) is 12.8. The van der Waals surface area contributed by atoms with Crippen molar-refractivity contribution >= 4 is 33.4 Å². The summed E-state index contributed by atoms with van der Waals surface area (Å²) in [6, 6.07) is 10.3. The third kappa shape index (κ3) is 6.84. The zero-order valence-corrected chi connectivity index (χ0v) is 17.2. The number of hydrogen-bond acceptors (Lipinski definition) is 6. The molecule has 0 aliphatic rings. The quantitative estimate of drug-likeness (QED) is 0.603. The molecule has 2 rings (SSSR count). The third-order valence-corrected chi connectivity index (χ3v) is 5.94. The number of hydrogen-bond donors (Lipinski definition) is 1. The molecule has 1 amide bonds. The van der Waals surface area contributed by atoms with E-state index >= 15 is 0 Å². The summed E-state index contributed by atoms with van der Waals surface area (Å²) in [5.41, 5.74) is 0.524. The van der Waals surface area contributed by atoms with Gasteiger partial charge in [-0.2, -0.15) is 11.8 Å². The molecule has 1 aromatic heterocycles. The summed E-state index contributed by atoms with van der Waals surface area (Å²) < 4.78 is 35.1. The van der Waals surface area contributed by atoms with Crippen LogP contribution in [0.25, 0.3) is 0 Å². The molecule has 7 nitrogen and oxygen atoms in total. The van der Waals surface area contributed by atoms with Gasteiger partial charge in [0.25, 0.3) is 5.91 Å². The topological polar surface area (TPSA) is 88.8 Å². The first-order valence-electron chi connectivity index (χ1n) is 8.36. The van der Waals surface area contributed by atoms with Crippen LogP contribution in [0, 0.1) is 0 Å². The molecule has 1 aromatic carbocycles.